The first-order valence-electron chi connectivity index (χ1n) is 9.93. The van der Waals surface area contributed by atoms with Crippen LogP contribution < -0.4 is 9.47 Å². The second kappa shape index (κ2) is 8.11. The van der Waals surface area contributed by atoms with Gasteiger partial charge in [-0.05, 0) is 44.0 Å². The Morgan fingerprint density at radius 2 is 2.03 bits per heavy atom. The predicted octanol–water partition coefficient (Wildman–Crippen LogP) is 3.76. The smallest absolute Gasteiger partial charge is 0.225 e. The zero-order valence-electron chi connectivity index (χ0n) is 17.0. The van der Waals surface area contributed by atoms with Gasteiger partial charge in [-0.15, -0.1) is 5.10 Å². The van der Waals surface area contributed by atoms with Gasteiger partial charge < -0.3 is 14.4 Å². The number of benzene rings is 2. The van der Waals surface area contributed by atoms with Crippen molar-refractivity contribution in [3.8, 4) is 11.5 Å². The van der Waals surface area contributed by atoms with Crippen LogP contribution in [0, 0.1) is 0 Å². The van der Waals surface area contributed by atoms with Crippen molar-refractivity contribution < 1.29 is 14.3 Å². The van der Waals surface area contributed by atoms with E-state index in [1.807, 2.05) is 59.0 Å². The van der Waals surface area contributed by atoms with Crippen LogP contribution in [-0.4, -0.2) is 46.6 Å². The van der Waals surface area contributed by atoms with Gasteiger partial charge in [-0.1, -0.05) is 17.3 Å². The number of fused-ring (bicyclic) bond motifs is 1. The topological polar surface area (TPSA) is 69.5 Å². The van der Waals surface area contributed by atoms with E-state index in [1.165, 1.54) is 0 Å². The molecule has 1 saturated heterocycles. The number of ether oxygens (including phenoxy) is 2. The Labute approximate surface area is 170 Å². The van der Waals surface area contributed by atoms with Crippen molar-refractivity contribution in [2.45, 2.75) is 38.3 Å². The standard InChI is InChI=1S/C22H26N4O3/c1-15(26-20-8-5-4-7-18(20)23-24-26)13-22(27)25-12-6-9-19(25)17-11-10-16(28-2)14-21(17)29-3/h4-5,7-8,10-11,14-15,19H,6,9,12-13H2,1-3H3/t15-,19-/m0/s1. The summed E-state index contributed by atoms with van der Waals surface area (Å²) in [5, 5.41) is 8.47. The zero-order chi connectivity index (χ0) is 20.4. The molecule has 1 amide bonds. The Bertz CT molecular complexity index is 1020. The lowest BCUT2D eigenvalue weighted by Gasteiger charge is -2.27. The zero-order valence-corrected chi connectivity index (χ0v) is 17.0. The molecule has 0 N–H and O–H groups in total. The number of hydrogen-bond acceptors (Lipinski definition) is 5. The first kappa shape index (κ1) is 19.2. The molecule has 0 aliphatic carbocycles. The van der Waals surface area contributed by atoms with E-state index in [4.69, 9.17) is 9.47 Å². The summed E-state index contributed by atoms with van der Waals surface area (Å²) in [5.74, 6) is 1.62. The normalized spacial score (nSPS) is 17.5. The van der Waals surface area contributed by atoms with Crippen molar-refractivity contribution in [1.29, 1.82) is 0 Å². The fourth-order valence-corrected chi connectivity index (χ4v) is 4.15. The molecule has 0 radical (unpaired) electrons. The number of para-hydroxylation sites is 1. The molecule has 0 spiro atoms. The Hall–Kier alpha value is -3.09. The summed E-state index contributed by atoms with van der Waals surface area (Å²) in [6.45, 7) is 2.77. The van der Waals surface area contributed by atoms with E-state index in [9.17, 15) is 4.79 Å². The van der Waals surface area contributed by atoms with Crippen LogP contribution in [0.3, 0.4) is 0 Å². The highest BCUT2D eigenvalue weighted by atomic mass is 16.5. The van der Waals surface area contributed by atoms with Gasteiger partial charge in [0.15, 0.2) is 0 Å². The molecule has 1 aromatic heterocycles. The van der Waals surface area contributed by atoms with E-state index in [2.05, 4.69) is 10.3 Å². The Morgan fingerprint density at radius 3 is 2.83 bits per heavy atom. The number of likely N-dealkylation sites (tertiary alicyclic amines) is 1. The summed E-state index contributed by atoms with van der Waals surface area (Å²) in [7, 11) is 3.28. The van der Waals surface area contributed by atoms with Crippen LogP contribution in [0.25, 0.3) is 11.0 Å². The maximum Gasteiger partial charge on any atom is 0.225 e. The third-order valence-corrected chi connectivity index (χ3v) is 5.64. The van der Waals surface area contributed by atoms with Crippen LogP contribution >= 0.6 is 0 Å². The van der Waals surface area contributed by atoms with Crippen molar-refractivity contribution in [3.05, 3.63) is 48.0 Å². The van der Waals surface area contributed by atoms with Gasteiger partial charge in [0.25, 0.3) is 0 Å². The molecule has 1 aliphatic heterocycles. The highest BCUT2D eigenvalue weighted by Crippen LogP contribution is 2.39. The first-order chi connectivity index (χ1) is 14.1. The van der Waals surface area contributed by atoms with Crippen LogP contribution in [0.15, 0.2) is 42.5 Å². The van der Waals surface area contributed by atoms with E-state index in [0.29, 0.717) is 6.42 Å². The molecule has 152 valence electrons. The van der Waals surface area contributed by atoms with Crippen molar-refractivity contribution in [2.75, 3.05) is 20.8 Å². The lowest BCUT2D eigenvalue weighted by molar-refractivity contribution is -0.132. The quantitative estimate of drug-likeness (QED) is 0.637. The number of carbonyl (C=O) groups is 1. The van der Waals surface area contributed by atoms with Crippen LogP contribution in [0.2, 0.25) is 0 Å². The van der Waals surface area contributed by atoms with Crippen molar-refractivity contribution in [1.82, 2.24) is 19.9 Å². The summed E-state index contributed by atoms with van der Waals surface area (Å²) in [5.41, 5.74) is 2.81. The Morgan fingerprint density at radius 1 is 1.21 bits per heavy atom. The molecular weight excluding hydrogens is 368 g/mol. The summed E-state index contributed by atoms with van der Waals surface area (Å²) >= 11 is 0. The van der Waals surface area contributed by atoms with Crippen LogP contribution in [-0.2, 0) is 4.79 Å². The number of nitrogens with zero attached hydrogens (tertiary/aromatic N) is 4. The molecule has 1 fully saturated rings. The molecule has 0 saturated carbocycles. The maximum atomic E-state index is 13.2. The number of hydrogen-bond donors (Lipinski definition) is 0. The van der Waals surface area contributed by atoms with E-state index < -0.39 is 0 Å². The van der Waals surface area contributed by atoms with Crippen LogP contribution in [0.5, 0.6) is 11.5 Å². The summed E-state index contributed by atoms with van der Waals surface area (Å²) < 4.78 is 12.7. The van der Waals surface area contributed by atoms with Crippen LogP contribution in [0.4, 0.5) is 0 Å². The minimum Gasteiger partial charge on any atom is -0.497 e. The molecule has 2 atom stereocenters. The van der Waals surface area contributed by atoms with Gasteiger partial charge in [0.2, 0.25) is 5.91 Å². The highest BCUT2D eigenvalue weighted by Gasteiger charge is 2.32. The number of aromatic nitrogens is 3. The molecular formula is C22H26N4O3. The molecule has 7 heteroatoms. The third-order valence-electron chi connectivity index (χ3n) is 5.64. The second-order valence-corrected chi connectivity index (χ2v) is 7.43. The summed E-state index contributed by atoms with van der Waals surface area (Å²) in [6.07, 6.45) is 2.28. The van der Waals surface area contributed by atoms with Gasteiger partial charge in [0.05, 0.1) is 31.8 Å². The SMILES string of the molecule is COc1ccc([C@@H]2CCCN2C(=O)C[C@H](C)n2nnc3ccccc32)c(OC)c1. The van der Waals surface area contributed by atoms with E-state index >= 15 is 0 Å². The Balaban J connectivity index is 1.54. The maximum absolute atomic E-state index is 13.2. The molecule has 1 aliphatic rings. The van der Waals surface area contributed by atoms with E-state index in [0.717, 1.165) is 47.5 Å². The van der Waals surface area contributed by atoms with Gasteiger partial charge in [-0.3, -0.25) is 4.79 Å². The Kier molecular flexibility index (Phi) is 5.38. The fourth-order valence-electron chi connectivity index (χ4n) is 4.15. The molecule has 2 aromatic carbocycles. The van der Waals surface area contributed by atoms with Crippen molar-refractivity contribution in [2.24, 2.45) is 0 Å². The molecule has 0 unspecified atom stereocenters. The van der Waals surface area contributed by atoms with Crippen molar-refractivity contribution >= 4 is 16.9 Å². The van der Waals surface area contributed by atoms with Gasteiger partial charge in [0, 0.05) is 24.6 Å². The minimum absolute atomic E-state index is 0.0167. The largest absolute Gasteiger partial charge is 0.497 e. The number of carbonyl (C=O) groups excluding carboxylic acids is 1. The molecule has 0 bridgehead atoms. The van der Waals surface area contributed by atoms with Gasteiger partial charge in [-0.2, -0.15) is 0 Å². The molecule has 4 rings (SSSR count). The first-order valence-corrected chi connectivity index (χ1v) is 9.93. The number of amides is 1. The molecule has 2 heterocycles. The summed E-state index contributed by atoms with van der Waals surface area (Å²) in [4.78, 5) is 15.2. The average Bonchev–Trinajstić information content (AvgIpc) is 3.40. The minimum atomic E-state index is -0.0751. The monoisotopic (exact) mass is 394 g/mol. The average molecular weight is 394 g/mol. The van der Waals surface area contributed by atoms with Gasteiger partial charge in [0.1, 0.15) is 17.0 Å². The lowest BCUT2D eigenvalue weighted by Crippen LogP contribution is -2.32. The lowest BCUT2D eigenvalue weighted by atomic mass is 10.0. The third kappa shape index (κ3) is 3.64. The van der Waals surface area contributed by atoms with Crippen LogP contribution in [0.1, 0.15) is 43.8 Å². The van der Waals surface area contributed by atoms with E-state index in [-0.39, 0.29) is 18.0 Å². The number of methoxy groups -OCH3 is 2. The van der Waals surface area contributed by atoms with Crippen molar-refractivity contribution in [3.63, 3.8) is 0 Å². The van der Waals surface area contributed by atoms with E-state index in [1.54, 1.807) is 14.2 Å². The van der Waals surface area contributed by atoms with Gasteiger partial charge in [-0.25, -0.2) is 4.68 Å². The highest BCUT2D eigenvalue weighted by molar-refractivity contribution is 5.78. The fraction of sp³-hybridized carbons (Fsp3) is 0.409. The predicted molar refractivity (Wildman–Crippen MR) is 110 cm³/mol. The second-order valence-electron chi connectivity index (χ2n) is 7.43. The summed E-state index contributed by atoms with van der Waals surface area (Å²) in [6, 6.07) is 13.6. The molecule has 3 aromatic rings. The molecule has 29 heavy (non-hydrogen) atoms. The molecule has 7 nitrogen and oxygen atoms in total. The number of rotatable bonds is 6. The van der Waals surface area contributed by atoms with Gasteiger partial charge >= 0.3 is 0 Å².